The van der Waals surface area contributed by atoms with Crippen LogP contribution in [0.5, 0.6) is 11.5 Å². The third kappa shape index (κ3) is 7.59. The Kier molecular flexibility index (Phi) is 10.8. The van der Waals surface area contributed by atoms with E-state index in [-0.39, 0.29) is 42.8 Å². The molecule has 7 nitrogen and oxygen atoms in total. The van der Waals surface area contributed by atoms with E-state index in [2.05, 4.69) is 19.6 Å². The van der Waals surface area contributed by atoms with Gasteiger partial charge in [-0.2, -0.15) is 0 Å². The van der Waals surface area contributed by atoms with Gasteiger partial charge in [-0.25, -0.2) is 4.79 Å². The Hall–Kier alpha value is -1.92. The van der Waals surface area contributed by atoms with E-state index in [9.17, 15) is 19.4 Å². The second-order valence-electron chi connectivity index (χ2n) is 11.0. The van der Waals surface area contributed by atoms with Crippen LogP contribution in [-0.2, 0) is 24.8 Å². The van der Waals surface area contributed by atoms with Crippen molar-refractivity contribution >= 4 is 13.8 Å². The molecular weight excluding hydrogens is 503 g/mol. The average Bonchev–Trinajstić information content (AvgIpc) is 3.31. The van der Waals surface area contributed by atoms with Gasteiger partial charge in [-0.1, -0.05) is 56.9 Å². The minimum absolute atomic E-state index is 0.0203. The fourth-order valence-electron chi connectivity index (χ4n) is 5.67. The summed E-state index contributed by atoms with van der Waals surface area (Å²) in [4.78, 5) is 26.4. The molecule has 3 atom stereocenters. The number of phosphoric ester groups is 1. The number of benzene rings is 1. The summed E-state index contributed by atoms with van der Waals surface area (Å²) < 4.78 is 29.3. The lowest BCUT2D eigenvalue weighted by atomic mass is 9.73. The van der Waals surface area contributed by atoms with Gasteiger partial charge in [0.1, 0.15) is 11.5 Å². The molecule has 1 saturated carbocycles. The number of rotatable bonds is 13. The van der Waals surface area contributed by atoms with Crippen molar-refractivity contribution in [3.8, 4) is 11.5 Å². The molecule has 38 heavy (non-hydrogen) atoms. The largest absolute Gasteiger partial charge is 0.756 e. The van der Waals surface area contributed by atoms with Gasteiger partial charge in [0, 0.05) is 11.5 Å². The summed E-state index contributed by atoms with van der Waals surface area (Å²) in [6, 6.07) is 3.53. The van der Waals surface area contributed by atoms with Crippen LogP contribution in [0.3, 0.4) is 0 Å². The summed E-state index contributed by atoms with van der Waals surface area (Å²) >= 11 is 0. The number of phenolic OH excluding ortho intramolecular Hbond substituents is 1. The van der Waals surface area contributed by atoms with Crippen LogP contribution >= 0.6 is 7.82 Å². The third-order valence-electron chi connectivity index (χ3n) is 7.70. The first-order chi connectivity index (χ1) is 18.0. The standard InChI is InChI=1S/C30H45O7P/c1-6-8-11-17-35-38(33,34)37-30(15-9-10-16-30)29(32)36-27-20-23(12-7-2)19-26(31)28(27)25-18-22(5)13-14-24(25)21(3)4/h18-20,24-25,31H,3,6-17H2,1-2,4-5H3,(H,33,34)/p-1/t24-,25+/m0/s1. The second kappa shape index (κ2) is 13.4. The van der Waals surface area contributed by atoms with Gasteiger partial charge in [0.25, 0.3) is 7.82 Å². The highest BCUT2D eigenvalue weighted by Crippen LogP contribution is 2.51. The molecule has 1 aromatic carbocycles. The Balaban J connectivity index is 1.96. The molecule has 8 heteroatoms. The molecule has 0 aliphatic heterocycles. The van der Waals surface area contributed by atoms with E-state index in [1.165, 1.54) is 5.57 Å². The molecule has 2 aliphatic rings. The molecular formula is C30H44O7P-. The maximum atomic E-state index is 13.7. The number of phosphoric acid groups is 1. The molecule has 1 aromatic rings. The van der Waals surface area contributed by atoms with Crippen LogP contribution in [0.25, 0.3) is 0 Å². The van der Waals surface area contributed by atoms with Crippen molar-refractivity contribution < 1.29 is 33.1 Å². The molecule has 1 fully saturated rings. The van der Waals surface area contributed by atoms with E-state index >= 15 is 0 Å². The first kappa shape index (κ1) is 30.6. The second-order valence-corrected chi connectivity index (χ2v) is 12.3. The maximum absolute atomic E-state index is 13.7. The normalized spacial score (nSPS) is 22.5. The van der Waals surface area contributed by atoms with Crippen molar-refractivity contribution in [3.05, 3.63) is 47.1 Å². The van der Waals surface area contributed by atoms with Gasteiger partial charge in [0.2, 0.25) is 0 Å². The predicted molar refractivity (Wildman–Crippen MR) is 147 cm³/mol. The number of ether oxygens (including phenoxy) is 1. The number of allylic oxidation sites excluding steroid dienone is 3. The highest BCUT2D eigenvalue weighted by Gasteiger charge is 2.47. The molecule has 0 bridgehead atoms. The van der Waals surface area contributed by atoms with E-state index in [0.717, 1.165) is 43.2 Å². The number of carbonyl (C=O) groups is 1. The van der Waals surface area contributed by atoms with E-state index < -0.39 is 19.4 Å². The van der Waals surface area contributed by atoms with Crippen LogP contribution in [-0.4, -0.2) is 23.3 Å². The Labute approximate surface area is 227 Å². The number of carbonyl (C=O) groups excluding carboxylic acids is 1. The summed E-state index contributed by atoms with van der Waals surface area (Å²) in [5.41, 5.74) is 1.93. The summed E-state index contributed by atoms with van der Waals surface area (Å²) in [5, 5.41) is 11.2. The third-order valence-corrected chi connectivity index (χ3v) is 8.77. The lowest BCUT2D eigenvalue weighted by Gasteiger charge is -2.35. The van der Waals surface area contributed by atoms with Crippen LogP contribution < -0.4 is 9.63 Å². The zero-order valence-electron chi connectivity index (χ0n) is 23.4. The van der Waals surface area contributed by atoms with Gasteiger partial charge >= 0.3 is 5.97 Å². The summed E-state index contributed by atoms with van der Waals surface area (Å²) in [5.74, 6) is -0.584. The Morgan fingerprint density at radius 3 is 2.55 bits per heavy atom. The van der Waals surface area contributed by atoms with Crippen LogP contribution in [0.2, 0.25) is 0 Å². The number of phenols is 1. The number of unbranched alkanes of at least 4 members (excludes halogenated alkanes) is 2. The van der Waals surface area contributed by atoms with Crippen LogP contribution in [0.15, 0.2) is 35.9 Å². The van der Waals surface area contributed by atoms with Crippen molar-refractivity contribution in [2.24, 2.45) is 5.92 Å². The molecule has 0 spiro atoms. The smallest absolute Gasteiger partial charge is 0.344 e. The van der Waals surface area contributed by atoms with Gasteiger partial charge in [-0.15, -0.1) is 0 Å². The molecule has 0 aromatic heterocycles. The molecule has 1 N–H and O–H groups in total. The first-order valence-corrected chi connectivity index (χ1v) is 15.5. The fourth-order valence-corrected chi connectivity index (χ4v) is 6.76. The predicted octanol–water partition coefficient (Wildman–Crippen LogP) is 7.27. The Morgan fingerprint density at radius 1 is 1.21 bits per heavy atom. The zero-order chi connectivity index (χ0) is 27.9. The molecule has 3 rings (SSSR count). The summed E-state index contributed by atoms with van der Waals surface area (Å²) in [7, 11) is -4.73. The topological polar surface area (TPSA) is 105 Å². The molecule has 0 amide bonds. The molecule has 0 radical (unpaired) electrons. The van der Waals surface area contributed by atoms with E-state index in [1.54, 1.807) is 12.1 Å². The van der Waals surface area contributed by atoms with E-state index in [1.807, 2.05) is 20.8 Å². The summed E-state index contributed by atoms with van der Waals surface area (Å²) in [6.07, 6.45) is 9.58. The monoisotopic (exact) mass is 547 g/mol. The van der Waals surface area contributed by atoms with Gasteiger partial charge in [0.15, 0.2) is 5.60 Å². The molecule has 2 aliphatic carbocycles. The minimum atomic E-state index is -4.73. The molecule has 0 saturated heterocycles. The van der Waals surface area contributed by atoms with Crippen LogP contribution in [0.1, 0.15) is 109 Å². The lowest BCUT2D eigenvalue weighted by Crippen LogP contribution is -2.42. The highest BCUT2D eigenvalue weighted by molar-refractivity contribution is 7.46. The van der Waals surface area contributed by atoms with Gasteiger partial charge < -0.3 is 19.3 Å². The first-order valence-electron chi connectivity index (χ1n) is 14.1. The van der Waals surface area contributed by atoms with Crippen LogP contribution in [0.4, 0.5) is 0 Å². The number of aromatic hydroxyl groups is 1. The van der Waals surface area contributed by atoms with E-state index in [0.29, 0.717) is 31.2 Å². The quantitative estimate of drug-likeness (QED) is 0.0910. The maximum Gasteiger partial charge on any atom is 0.344 e. The lowest BCUT2D eigenvalue weighted by molar-refractivity contribution is -0.237. The average molecular weight is 548 g/mol. The zero-order valence-corrected chi connectivity index (χ0v) is 24.3. The Bertz CT molecular complexity index is 1070. The number of esters is 1. The van der Waals surface area contributed by atoms with Crippen molar-refractivity contribution in [2.45, 2.75) is 110 Å². The van der Waals surface area contributed by atoms with Crippen molar-refractivity contribution in [2.75, 3.05) is 6.61 Å². The van der Waals surface area contributed by atoms with E-state index in [4.69, 9.17) is 13.8 Å². The SMILES string of the molecule is C=C(C)[C@@H]1CCC(C)=C[C@H]1c1c(O)cc(CCC)cc1OC(=O)C1(OP(=O)([O-])OCCCCC)CCCC1. The Morgan fingerprint density at radius 2 is 1.92 bits per heavy atom. The fraction of sp³-hybridized carbons (Fsp3) is 0.633. The molecule has 1 unspecified atom stereocenters. The van der Waals surface area contributed by atoms with Crippen molar-refractivity contribution in [1.82, 2.24) is 0 Å². The van der Waals surface area contributed by atoms with Gasteiger partial charge in [-0.3, -0.25) is 9.09 Å². The number of aryl methyl sites for hydroxylation is 1. The van der Waals surface area contributed by atoms with Gasteiger partial charge in [0.05, 0.1) is 6.61 Å². The summed E-state index contributed by atoms with van der Waals surface area (Å²) in [6.45, 7) is 12.3. The van der Waals surface area contributed by atoms with Crippen LogP contribution in [0, 0.1) is 5.92 Å². The van der Waals surface area contributed by atoms with Crippen molar-refractivity contribution in [3.63, 3.8) is 0 Å². The highest BCUT2D eigenvalue weighted by atomic mass is 31.2. The van der Waals surface area contributed by atoms with Gasteiger partial charge in [-0.05, 0) is 88.8 Å². The van der Waals surface area contributed by atoms with Crippen molar-refractivity contribution in [1.29, 1.82) is 0 Å². The number of hydrogen-bond donors (Lipinski definition) is 1. The molecule has 0 heterocycles. The molecule has 212 valence electrons. The number of hydrogen-bond acceptors (Lipinski definition) is 7. The minimum Gasteiger partial charge on any atom is -0.756 e.